The quantitative estimate of drug-likeness (QED) is 0.271. The van der Waals surface area contributed by atoms with Gasteiger partial charge in [-0.3, -0.25) is 9.59 Å². The van der Waals surface area contributed by atoms with Gasteiger partial charge in [-0.1, -0.05) is 19.1 Å². The van der Waals surface area contributed by atoms with Crippen LogP contribution in [0.15, 0.2) is 48.7 Å². The van der Waals surface area contributed by atoms with E-state index >= 15 is 8.78 Å². The van der Waals surface area contributed by atoms with Crippen molar-refractivity contribution in [2.75, 3.05) is 21.3 Å². The molecular weight excluding hydrogens is 500 g/mol. The summed E-state index contributed by atoms with van der Waals surface area (Å²) in [5.74, 6) is -4.50. The highest BCUT2D eigenvalue weighted by Crippen LogP contribution is 2.36. The van der Waals surface area contributed by atoms with Gasteiger partial charge >= 0.3 is 5.97 Å². The third-order valence-corrected chi connectivity index (χ3v) is 6.12. The van der Waals surface area contributed by atoms with Gasteiger partial charge in [0.2, 0.25) is 0 Å². The number of pyridine rings is 1. The molecule has 1 heterocycles. The Morgan fingerprint density at radius 2 is 1.45 bits per heavy atom. The van der Waals surface area contributed by atoms with Crippen molar-refractivity contribution in [1.29, 1.82) is 0 Å². The number of Topliss-reactive ketones (excluding diaryl/α,β-unsaturated/α-hetero) is 1. The van der Waals surface area contributed by atoms with Crippen LogP contribution in [0.2, 0.25) is 0 Å². The maximum absolute atomic E-state index is 15.1. The lowest BCUT2D eigenvalue weighted by atomic mass is 9.86. The van der Waals surface area contributed by atoms with Gasteiger partial charge in [-0.05, 0) is 30.2 Å². The number of methoxy groups -OCH3 is 3. The molecule has 3 rings (SSSR count). The van der Waals surface area contributed by atoms with E-state index in [2.05, 4.69) is 4.98 Å². The first-order valence-corrected chi connectivity index (χ1v) is 11.7. The SMILES string of the molecule is COc1ccc(C(c2ccc(OC)cc2F)[C@H](C)OC(=O)[C@H](C)CC(=O)c2nccc(OC)c2O)c(F)c1. The molecule has 10 heteroatoms. The van der Waals surface area contributed by atoms with Crippen molar-refractivity contribution < 1.29 is 42.4 Å². The minimum atomic E-state index is -1.03. The van der Waals surface area contributed by atoms with E-state index in [1.54, 1.807) is 0 Å². The number of esters is 1. The smallest absolute Gasteiger partial charge is 0.309 e. The van der Waals surface area contributed by atoms with Crippen LogP contribution in [-0.4, -0.2) is 49.3 Å². The zero-order valence-corrected chi connectivity index (χ0v) is 21.7. The van der Waals surface area contributed by atoms with E-state index < -0.39 is 47.1 Å². The highest BCUT2D eigenvalue weighted by molar-refractivity contribution is 5.99. The predicted molar refractivity (Wildman–Crippen MR) is 134 cm³/mol. The number of ether oxygens (including phenoxy) is 4. The standard InChI is InChI=1S/C28H29F2NO7/c1-15(12-23(32)26-27(33)24(37-5)10-11-31-26)28(34)38-16(2)25(19-8-6-17(35-3)13-21(19)29)20-9-7-18(36-4)14-22(20)30/h6-11,13-16,25,33H,12H2,1-5H3/t15-,16+/m1/s1. The molecule has 2 atom stereocenters. The Kier molecular flexibility index (Phi) is 9.22. The molecule has 1 N–H and O–H groups in total. The van der Waals surface area contributed by atoms with Crippen LogP contribution in [-0.2, 0) is 9.53 Å². The summed E-state index contributed by atoms with van der Waals surface area (Å²) in [5.41, 5.74) is -0.0654. The van der Waals surface area contributed by atoms with E-state index in [-0.39, 0.29) is 40.5 Å². The Hall–Kier alpha value is -4.21. The first kappa shape index (κ1) is 28.4. The molecule has 38 heavy (non-hydrogen) atoms. The number of halogens is 2. The zero-order chi connectivity index (χ0) is 28.0. The average molecular weight is 530 g/mol. The second-order valence-corrected chi connectivity index (χ2v) is 8.63. The molecule has 2 aromatic carbocycles. The number of ketones is 1. The summed E-state index contributed by atoms with van der Waals surface area (Å²) in [6, 6.07) is 9.64. The first-order chi connectivity index (χ1) is 18.1. The number of carbonyl (C=O) groups excluding carboxylic acids is 2. The van der Waals surface area contributed by atoms with Gasteiger partial charge in [0, 0.05) is 30.8 Å². The molecule has 0 aliphatic heterocycles. The predicted octanol–water partition coefficient (Wildman–Crippen LogP) is 5.06. The van der Waals surface area contributed by atoms with Gasteiger partial charge in [0.15, 0.2) is 23.0 Å². The van der Waals surface area contributed by atoms with Crippen molar-refractivity contribution in [3.63, 3.8) is 0 Å². The molecule has 3 aromatic rings. The van der Waals surface area contributed by atoms with Crippen molar-refractivity contribution in [3.8, 4) is 23.0 Å². The normalized spacial score (nSPS) is 12.5. The molecule has 0 aliphatic rings. The van der Waals surface area contributed by atoms with Gasteiger partial charge in [-0.25, -0.2) is 13.8 Å². The van der Waals surface area contributed by atoms with Crippen molar-refractivity contribution in [1.82, 2.24) is 4.98 Å². The molecule has 0 saturated carbocycles. The Morgan fingerprint density at radius 1 is 0.895 bits per heavy atom. The van der Waals surface area contributed by atoms with Crippen LogP contribution in [0.25, 0.3) is 0 Å². The topological polar surface area (TPSA) is 104 Å². The summed E-state index contributed by atoms with van der Waals surface area (Å²) < 4.78 is 51.0. The lowest BCUT2D eigenvalue weighted by Crippen LogP contribution is -2.28. The van der Waals surface area contributed by atoms with Gasteiger partial charge in [-0.15, -0.1) is 0 Å². The number of aromatic hydroxyl groups is 1. The number of aromatic nitrogens is 1. The van der Waals surface area contributed by atoms with Crippen LogP contribution < -0.4 is 14.2 Å². The molecule has 0 aliphatic carbocycles. The van der Waals surface area contributed by atoms with E-state index in [4.69, 9.17) is 18.9 Å². The molecule has 0 unspecified atom stereocenters. The van der Waals surface area contributed by atoms with Gasteiger partial charge < -0.3 is 24.1 Å². The molecule has 8 nitrogen and oxygen atoms in total. The van der Waals surface area contributed by atoms with Crippen LogP contribution in [0.1, 0.15) is 47.8 Å². The Labute approximate surface area is 219 Å². The fourth-order valence-corrected chi connectivity index (χ4v) is 4.08. The van der Waals surface area contributed by atoms with Crippen LogP contribution in [0, 0.1) is 17.6 Å². The third-order valence-electron chi connectivity index (χ3n) is 6.12. The molecule has 1 aromatic heterocycles. The van der Waals surface area contributed by atoms with Gasteiger partial charge in [-0.2, -0.15) is 0 Å². The number of nitrogens with zero attached hydrogens (tertiary/aromatic N) is 1. The van der Waals surface area contributed by atoms with Crippen LogP contribution in [0.4, 0.5) is 8.78 Å². The highest BCUT2D eigenvalue weighted by Gasteiger charge is 2.32. The van der Waals surface area contributed by atoms with Crippen molar-refractivity contribution in [2.45, 2.75) is 32.3 Å². The molecule has 0 amide bonds. The molecule has 202 valence electrons. The fraction of sp³-hybridized carbons (Fsp3) is 0.321. The summed E-state index contributed by atoms with van der Waals surface area (Å²) in [7, 11) is 4.12. The van der Waals surface area contributed by atoms with Crippen LogP contribution in [0.3, 0.4) is 0 Å². The lowest BCUT2D eigenvalue weighted by Gasteiger charge is -2.27. The van der Waals surface area contributed by atoms with Gasteiger partial charge in [0.1, 0.15) is 29.2 Å². The fourth-order valence-electron chi connectivity index (χ4n) is 4.08. The second kappa shape index (κ2) is 12.4. The molecule has 0 bridgehead atoms. The van der Waals surface area contributed by atoms with Gasteiger partial charge in [0.25, 0.3) is 0 Å². The number of carbonyl (C=O) groups is 2. The Morgan fingerprint density at radius 3 is 1.92 bits per heavy atom. The lowest BCUT2D eigenvalue weighted by molar-refractivity contribution is -0.153. The minimum Gasteiger partial charge on any atom is -0.503 e. The average Bonchev–Trinajstić information content (AvgIpc) is 2.90. The molecule has 0 radical (unpaired) electrons. The van der Waals surface area contributed by atoms with Crippen molar-refractivity contribution >= 4 is 11.8 Å². The van der Waals surface area contributed by atoms with Crippen molar-refractivity contribution in [3.05, 3.63) is 77.1 Å². The maximum Gasteiger partial charge on any atom is 0.309 e. The summed E-state index contributed by atoms with van der Waals surface area (Å²) >= 11 is 0. The minimum absolute atomic E-state index is 0.0677. The number of rotatable bonds is 11. The highest BCUT2D eigenvalue weighted by atomic mass is 19.1. The molecule has 0 fully saturated rings. The van der Waals surface area contributed by atoms with E-state index in [0.717, 1.165) is 12.1 Å². The second-order valence-electron chi connectivity index (χ2n) is 8.63. The summed E-state index contributed by atoms with van der Waals surface area (Å²) in [4.78, 5) is 29.5. The van der Waals surface area contributed by atoms with E-state index in [1.807, 2.05) is 0 Å². The molecule has 0 spiro atoms. The largest absolute Gasteiger partial charge is 0.503 e. The van der Waals surface area contributed by atoms with E-state index in [1.165, 1.54) is 71.7 Å². The number of hydrogen-bond acceptors (Lipinski definition) is 8. The number of benzene rings is 2. The first-order valence-electron chi connectivity index (χ1n) is 11.7. The van der Waals surface area contributed by atoms with Crippen LogP contribution >= 0.6 is 0 Å². The zero-order valence-electron chi connectivity index (χ0n) is 21.7. The third kappa shape index (κ3) is 6.19. The van der Waals surface area contributed by atoms with E-state index in [0.29, 0.717) is 0 Å². The number of hydrogen-bond donors (Lipinski definition) is 1. The monoisotopic (exact) mass is 529 g/mol. The van der Waals surface area contributed by atoms with E-state index in [9.17, 15) is 14.7 Å². The summed E-state index contributed by atoms with van der Waals surface area (Å²) in [5, 5.41) is 10.2. The van der Waals surface area contributed by atoms with Crippen LogP contribution in [0.5, 0.6) is 23.0 Å². The van der Waals surface area contributed by atoms with Gasteiger partial charge in [0.05, 0.1) is 33.2 Å². The van der Waals surface area contributed by atoms with Crippen molar-refractivity contribution in [2.24, 2.45) is 5.92 Å². The molecular formula is C28H29F2NO7. The Balaban J connectivity index is 1.86. The molecule has 0 saturated heterocycles. The maximum atomic E-state index is 15.1. The summed E-state index contributed by atoms with van der Waals surface area (Å²) in [6.07, 6.45) is -0.0550. The summed E-state index contributed by atoms with van der Waals surface area (Å²) in [6.45, 7) is 2.99. The Bertz CT molecular complexity index is 1260.